The summed E-state index contributed by atoms with van der Waals surface area (Å²) in [6, 6.07) is 8.00. The Balaban J connectivity index is 1.83. The normalized spacial score (nSPS) is 30.7. The highest BCUT2D eigenvalue weighted by molar-refractivity contribution is 5.99. The zero-order valence-corrected chi connectivity index (χ0v) is 11.2. The van der Waals surface area contributed by atoms with E-state index in [1.165, 1.54) is 0 Å². The van der Waals surface area contributed by atoms with Crippen molar-refractivity contribution in [3.05, 3.63) is 24.3 Å². The lowest BCUT2D eigenvalue weighted by molar-refractivity contribution is -0.129. The Hall–Kier alpha value is -1.55. The number of benzene rings is 1. The molecule has 1 fully saturated rings. The van der Waals surface area contributed by atoms with Crippen LogP contribution in [0.1, 0.15) is 25.7 Å². The number of carbonyl (C=O) groups excluding carboxylic acids is 1. The molecule has 0 radical (unpaired) electrons. The van der Waals surface area contributed by atoms with Gasteiger partial charge in [-0.3, -0.25) is 4.79 Å². The standard InChI is InChI=1S/C15H20N2O2/c1-17-12-4-2-3-5-13(12)19-14(15(17)18)10-6-8-11(16)9-7-10/h2-5,10-11,14H,6-9,16H2,1H3. The molecule has 4 heteroatoms. The van der Waals surface area contributed by atoms with Gasteiger partial charge in [0.15, 0.2) is 6.10 Å². The number of carbonyl (C=O) groups is 1. The van der Waals surface area contributed by atoms with Gasteiger partial charge in [0.2, 0.25) is 0 Å². The van der Waals surface area contributed by atoms with E-state index < -0.39 is 0 Å². The summed E-state index contributed by atoms with van der Waals surface area (Å²) in [4.78, 5) is 14.2. The van der Waals surface area contributed by atoms with Crippen molar-refractivity contribution in [1.82, 2.24) is 0 Å². The molecule has 3 rings (SSSR count). The second kappa shape index (κ2) is 4.85. The van der Waals surface area contributed by atoms with Crippen LogP contribution in [0.25, 0.3) is 0 Å². The van der Waals surface area contributed by atoms with Gasteiger partial charge in [-0.25, -0.2) is 0 Å². The number of amides is 1. The molecule has 19 heavy (non-hydrogen) atoms. The van der Waals surface area contributed by atoms with E-state index >= 15 is 0 Å². The monoisotopic (exact) mass is 260 g/mol. The van der Waals surface area contributed by atoms with Crippen LogP contribution in [0.4, 0.5) is 5.69 Å². The summed E-state index contributed by atoms with van der Waals surface area (Å²) in [5.41, 5.74) is 6.79. The number of hydrogen-bond donors (Lipinski definition) is 1. The SMILES string of the molecule is CN1C(=O)C(C2CCC(N)CC2)Oc2ccccc21. The van der Waals surface area contributed by atoms with Crippen molar-refractivity contribution in [2.75, 3.05) is 11.9 Å². The quantitative estimate of drug-likeness (QED) is 0.839. The first-order valence-corrected chi connectivity index (χ1v) is 6.95. The fourth-order valence-corrected chi connectivity index (χ4v) is 3.08. The van der Waals surface area contributed by atoms with Gasteiger partial charge >= 0.3 is 0 Å². The van der Waals surface area contributed by atoms with E-state index in [9.17, 15) is 4.79 Å². The maximum atomic E-state index is 12.4. The van der Waals surface area contributed by atoms with Crippen molar-refractivity contribution in [2.24, 2.45) is 11.7 Å². The summed E-state index contributed by atoms with van der Waals surface area (Å²) in [5, 5.41) is 0. The van der Waals surface area contributed by atoms with Crippen LogP contribution in [0.2, 0.25) is 0 Å². The highest BCUT2D eigenvalue weighted by Gasteiger charge is 2.38. The summed E-state index contributed by atoms with van der Waals surface area (Å²) in [5.74, 6) is 1.17. The molecule has 1 saturated carbocycles. The van der Waals surface area contributed by atoms with Gasteiger partial charge in [-0.1, -0.05) is 12.1 Å². The van der Waals surface area contributed by atoms with Crippen LogP contribution in [0.5, 0.6) is 5.75 Å². The largest absolute Gasteiger partial charge is 0.478 e. The number of hydrogen-bond acceptors (Lipinski definition) is 3. The lowest BCUT2D eigenvalue weighted by Crippen LogP contribution is -2.49. The first kappa shape index (κ1) is 12.5. The number of ether oxygens (including phenoxy) is 1. The molecular weight excluding hydrogens is 240 g/mol. The molecular formula is C15H20N2O2. The van der Waals surface area contributed by atoms with Crippen LogP contribution in [-0.4, -0.2) is 25.1 Å². The van der Waals surface area contributed by atoms with E-state index in [4.69, 9.17) is 10.5 Å². The molecule has 1 atom stereocenters. The third kappa shape index (κ3) is 2.21. The summed E-state index contributed by atoms with van der Waals surface area (Å²) in [7, 11) is 1.82. The lowest BCUT2D eigenvalue weighted by Gasteiger charge is -2.38. The average Bonchev–Trinajstić information content (AvgIpc) is 2.44. The molecule has 1 aliphatic heterocycles. The van der Waals surface area contributed by atoms with Crippen molar-refractivity contribution in [3.8, 4) is 5.75 Å². The molecule has 1 aromatic rings. The van der Waals surface area contributed by atoms with Gasteiger partial charge in [-0.05, 0) is 37.8 Å². The molecule has 1 aromatic carbocycles. The van der Waals surface area contributed by atoms with Gasteiger partial charge < -0.3 is 15.4 Å². The first-order chi connectivity index (χ1) is 9.16. The Labute approximate surface area is 113 Å². The molecule has 0 bridgehead atoms. The average molecular weight is 260 g/mol. The van der Waals surface area contributed by atoms with Gasteiger partial charge in [-0.2, -0.15) is 0 Å². The molecule has 1 heterocycles. The smallest absolute Gasteiger partial charge is 0.268 e. The minimum atomic E-state index is -0.340. The van der Waals surface area contributed by atoms with E-state index in [0.29, 0.717) is 12.0 Å². The summed E-state index contributed by atoms with van der Waals surface area (Å²) in [6.45, 7) is 0. The highest BCUT2D eigenvalue weighted by atomic mass is 16.5. The van der Waals surface area contributed by atoms with Crippen molar-refractivity contribution in [3.63, 3.8) is 0 Å². The molecule has 4 nitrogen and oxygen atoms in total. The Morgan fingerprint density at radius 1 is 1.21 bits per heavy atom. The third-order valence-corrected chi connectivity index (χ3v) is 4.30. The molecule has 0 saturated heterocycles. The molecule has 1 amide bonds. The molecule has 1 aliphatic carbocycles. The number of nitrogens with two attached hydrogens (primary N) is 1. The third-order valence-electron chi connectivity index (χ3n) is 4.30. The molecule has 1 unspecified atom stereocenters. The summed E-state index contributed by atoms with van der Waals surface area (Å²) >= 11 is 0. The second-order valence-corrected chi connectivity index (χ2v) is 5.58. The van der Waals surface area contributed by atoms with Crippen LogP contribution in [-0.2, 0) is 4.79 Å². The summed E-state index contributed by atoms with van der Waals surface area (Å²) < 4.78 is 5.96. The molecule has 2 aliphatic rings. The number of likely N-dealkylation sites (N-methyl/N-ethyl adjacent to an activating group) is 1. The molecule has 0 aromatic heterocycles. The number of para-hydroxylation sites is 2. The maximum Gasteiger partial charge on any atom is 0.268 e. The Bertz CT molecular complexity index is 481. The van der Waals surface area contributed by atoms with E-state index in [-0.39, 0.29) is 12.0 Å². The lowest BCUT2D eigenvalue weighted by atomic mass is 9.82. The predicted molar refractivity (Wildman–Crippen MR) is 74.2 cm³/mol. The van der Waals surface area contributed by atoms with Gasteiger partial charge in [0.25, 0.3) is 5.91 Å². The number of anilines is 1. The van der Waals surface area contributed by atoms with Crippen LogP contribution in [0.15, 0.2) is 24.3 Å². The number of rotatable bonds is 1. The molecule has 2 N–H and O–H groups in total. The summed E-state index contributed by atoms with van der Waals surface area (Å²) in [6.07, 6.45) is 3.60. The second-order valence-electron chi connectivity index (χ2n) is 5.58. The van der Waals surface area contributed by atoms with Gasteiger partial charge in [0.1, 0.15) is 5.75 Å². The fraction of sp³-hybridized carbons (Fsp3) is 0.533. The Morgan fingerprint density at radius 3 is 2.63 bits per heavy atom. The van der Waals surface area contributed by atoms with E-state index in [1.54, 1.807) is 4.90 Å². The van der Waals surface area contributed by atoms with Crippen LogP contribution < -0.4 is 15.4 Å². The number of fused-ring (bicyclic) bond motifs is 1. The first-order valence-electron chi connectivity index (χ1n) is 6.95. The topological polar surface area (TPSA) is 55.6 Å². The van der Waals surface area contributed by atoms with E-state index in [0.717, 1.165) is 37.1 Å². The van der Waals surface area contributed by atoms with Crippen molar-refractivity contribution < 1.29 is 9.53 Å². The van der Waals surface area contributed by atoms with Crippen LogP contribution in [0.3, 0.4) is 0 Å². The molecule has 0 spiro atoms. The van der Waals surface area contributed by atoms with E-state index in [1.807, 2.05) is 31.3 Å². The van der Waals surface area contributed by atoms with Crippen molar-refractivity contribution >= 4 is 11.6 Å². The minimum Gasteiger partial charge on any atom is -0.478 e. The Morgan fingerprint density at radius 2 is 1.89 bits per heavy atom. The predicted octanol–water partition coefficient (Wildman–Crippen LogP) is 1.93. The van der Waals surface area contributed by atoms with Crippen molar-refractivity contribution in [2.45, 2.75) is 37.8 Å². The van der Waals surface area contributed by atoms with Gasteiger partial charge in [-0.15, -0.1) is 0 Å². The molecule has 102 valence electrons. The van der Waals surface area contributed by atoms with Gasteiger partial charge in [0, 0.05) is 19.0 Å². The van der Waals surface area contributed by atoms with Crippen LogP contribution >= 0.6 is 0 Å². The maximum absolute atomic E-state index is 12.4. The van der Waals surface area contributed by atoms with Gasteiger partial charge in [0.05, 0.1) is 5.69 Å². The van der Waals surface area contributed by atoms with E-state index in [2.05, 4.69) is 0 Å². The Kier molecular flexibility index (Phi) is 3.19. The highest BCUT2D eigenvalue weighted by Crippen LogP contribution is 2.37. The minimum absolute atomic E-state index is 0.0687. The van der Waals surface area contributed by atoms with Crippen molar-refractivity contribution in [1.29, 1.82) is 0 Å². The zero-order valence-electron chi connectivity index (χ0n) is 11.2. The number of nitrogens with zero attached hydrogens (tertiary/aromatic N) is 1. The fourth-order valence-electron chi connectivity index (χ4n) is 3.08. The zero-order chi connectivity index (χ0) is 13.4. The van der Waals surface area contributed by atoms with Crippen LogP contribution in [0, 0.1) is 5.92 Å².